The summed E-state index contributed by atoms with van der Waals surface area (Å²) in [6.45, 7) is 0. The van der Waals surface area contributed by atoms with Gasteiger partial charge in [0, 0.05) is 18.3 Å². The highest BCUT2D eigenvalue weighted by molar-refractivity contribution is 6.17. The molecular formula is C4H6ClN. The van der Waals surface area contributed by atoms with Gasteiger partial charge in [-0.05, 0) is 0 Å². The lowest BCUT2D eigenvalue weighted by Crippen LogP contribution is -1.76. The zero-order valence-electron chi connectivity index (χ0n) is 3.37. The Balaban J connectivity index is 2.79. The molecule has 0 saturated heterocycles. The number of nitrogens with two attached hydrogens (primary N) is 1. The molecule has 0 aromatic heterocycles. The summed E-state index contributed by atoms with van der Waals surface area (Å²) in [5.74, 6) is 3.17. The Hall–Kier alpha value is -0.350. The van der Waals surface area contributed by atoms with Gasteiger partial charge in [-0.3, -0.25) is 0 Å². The van der Waals surface area contributed by atoms with Crippen molar-refractivity contribution in [1.29, 1.82) is 0 Å². The van der Waals surface area contributed by atoms with Crippen molar-refractivity contribution in [3.8, 4) is 12.0 Å². The third kappa shape index (κ3) is 3.65. The molecule has 0 aliphatic rings. The SMILES string of the molecule is NC#CCCCl. The molecule has 0 radical (unpaired) electrons. The molecule has 0 atom stereocenters. The molecule has 34 valence electrons. The predicted octanol–water partition coefficient (Wildman–Crippen LogP) is 0.535. The van der Waals surface area contributed by atoms with E-state index in [0.29, 0.717) is 12.3 Å². The van der Waals surface area contributed by atoms with E-state index >= 15 is 0 Å². The van der Waals surface area contributed by atoms with Crippen LogP contribution in [0.3, 0.4) is 0 Å². The Morgan fingerprint density at radius 2 is 2.33 bits per heavy atom. The Labute approximate surface area is 42.5 Å². The summed E-state index contributed by atoms with van der Waals surface area (Å²) in [4.78, 5) is 0. The van der Waals surface area contributed by atoms with Gasteiger partial charge in [-0.15, -0.1) is 11.6 Å². The quantitative estimate of drug-likeness (QED) is 0.293. The van der Waals surface area contributed by atoms with Crippen molar-refractivity contribution in [1.82, 2.24) is 0 Å². The van der Waals surface area contributed by atoms with Crippen LogP contribution in [0.15, 0.2) is 0 Å². The van der Waals surface area contributed by atoms with Crippen LogP contribution in [-0.4, -0.2) is 5.88 Å². The second-order valence-electron chi connectivity index (χ2n) is 0.760. The molecule has 0 unspecified atom stereocenters. The van der Waals surface area contributed by atoms with Crippen molar-refractivity contribution in [2.45, 2.75) is 6.42 Å². The molecule has 6 heavy (non-hydrogen) atoms. The largest absolute Gasteiger partial charge is 0.359 e. The lowest BCUT2D eigenvalue weighted by molar-refractivity contribution is 1.29. The van der Waals surface area contributed by atoms with Crippen molar-refractivity contribution < 1.29 is 0 Å². The minimum absolute atomic E-state index is 0.574. The van der Waals surface area contributed by atoms with Crippen LogP contribution in [0.4, 0.5) is 0 Å². The summed E-state index contributed by atoms with van der Waals surface area (Å²) in [6.07, 6.45) is 0.693. The Morgan fingerprint density at radius 1 is 1.67 bits per heavy atom. The third-order valence-corrected chi connectivity index (χ3v) is 0.511. The van der Waals surface area contributed by atoms with Crippen LogP contribution in [0, 0.1) is 12.0 Å². The molecule has 0 aliphatic heterocycles. The summed E-state index contributed by atoms with van der Waals surface area (Å²) < 4.78 is 0. The molecule has 2 heteroatoms. The zero-order chi connectivity index (χ0) is 4.83. The molecule has 0 spiro atoms. The van der Waals surface area contributed by atoms with Crippen molar-refractivity contribution in [3.05, 3.63) is 0 Å². The molecule has 0 rings (SSSR count). The van der Waals surface area contributed by atoms with Gasteiger partial charge < -0.3 is 5.73 Å². The van der Waals surface area contributed by atoms with Gasteiger partial charge in [-0.2, -0.15) is 0 Å². The maximum Gasteiger partial charge on any atom is 0.0333 e. The standard InChI is InChI=1S/C4H6ClN/c5-3-1-2-4-6/h1,3,6H2. The molecule has 0 bridgehead atoms. The highest BCUT2D eigenvalue weighted by atomic mass is 35.5. The third-order valence-electron chi connectivity index (χ3n) is 0.322. The van der Waals surface area contributed by atoms with E-state index in [1.807, 2.05) is 0 Å². The van der Waals surface area contributed by atoms with E-state index in [2.05, 4.69) is 12.0 Å². The Morgan fingerprint density at radius 3 is 2.50 bits per heavy atom. The number of halogens is 1. The van der Waals surface area contributed by atoms with Crippen molar-refractivity contribution in [3.63, 3.8) is 0 Å². The molecule has 0 saturated carbocycles. The topological polar surface area (TPSA) is 26.0 Å². The molecule has 0 heterocycles. The lowest BCUT2D eigenvalue weighted by Gasteiger charge is -1.69. The van der Waals surface area contributed by atoms with Gasteiger partial charge in [0.05, 0.1) is 0 Å². The fraction of sp³-hybridized carbons (Fsp3) is 0.500. The van der Waals surface area contributed by atoms with Gasteiger partial charge in [-0.25, -0.2) is 0 Å². The number of rotatable bonds is 1. The van der Waals surface area contributed by atoms with Crippen LogP contribution in [0.25, 0.3) is 0 Å². The van der Waals surface area contributed by atoms with E-state index in [1.165, 1.54) is 0 Å². The van der Waals surface area contributed by atoms with Gasteiger partial charge >= 0.3 is 0 Å². The van der Waals surface area contributed by atoms with Crippen molar-refractivity contribution in [2.24, 2.45) is 5.73 Å². The second kappa shape index (κ2) is 4.65. The van der Waals surface area contributed by atoms with E-state index in [1.54, 1.807) is 0 Å². The highest BCUT2D eigenvalue weighted by Gasteiger charge is 1.66. The first kappa shape index (κ1) is 5.65. The van der Waals surface area contributed by atoms with Gasteiger partial charge in [0.15, 0.2) is 0 Å². The van der Waals surface area contributed by atoms with Crippen LogP contribution in [-0.2, 0) is 0 Å². The second-order valence-corrected chi connectivity index (χ2v) is 1.14. The van der Waals surface area contributed by atoms with E-state index in [4.69, 9.17) is 17.3 Å². The summed E-state index contributed by atoms with van der Waals surface area (Å²) >= 11 is 5.22. The summed E-state index contributed by atoms with van der Waals surface area (Å²) in [6, 6.07) is 2.23. The average Bonchev–Trinajstić information content (AvgIpc) is 1.61. The average molecular weight is 104 g/mol. The predicted molar refractivity (Wildman–Crippen MR) is 27.3 cm³/mol. The minimum atomic E-state index is 0.574. The van der Waals surface area contributed by atoms with Gasteiger partial charge in [-0.1, -0.05) is 5.92 Å². The van der Waals surface area contributed by atoms with Crippen LogP contribution in [0.5, 0.6) is 0 Å². The molecule has 0 aromatic carbocycles. The first-order valence-corrected chi connectivity index (χ1v) is 2.19. The molecule has 0 aromatic rings. The first-order chi connectivity index (χ1) is 2.91. The normalized spacial score (nSPS) is 6.17. The summed E-state index contributed by atoms with van der Waals surface area (Å²) in [5, 5.41) is 0. The zero-order valence-corrected chi connectivity index (χ0v) is 4.13. The van der Waals surface area contributed by atoms with E-state index in [0.717, 1.165) is 0 Å². The molecule has 0 fully saturated rings. The molecule has 1 nitrogen and oxygen atoms in total. The fourth-order valence-corrected chi connectivity index (χ4v) is 0.214. The summed E-state index contributed by atoms with van der Waals surface area (Å²) in [7, 11) is 0. The van der Waals surface area contributed by atoms with Gasteiger partial charge in [0.25, 0.3) is 0 Å². The van der Waals surface area contributed by atoms with Crippen LogP contribution >= 0.6 is 11.6 Å². The number of hydrogen-bond acceptors (Lipinski definition) is 1. The molecule has 0 amide bonds. The molecule has 2 N–H and O–H groups in total. The van der Waals surface area contributed by atoms with Crippen LogP contribution in [0.1, 0.15) is 6.42 Å². The smallest absolute Gasteiger partial charge is 0.0333 e. The highest BCUT2D eigenvalue weighted by Crippen LogP contribution is 1.77. The van der Waals surface area contributed by atoms with Crippen LogP contribution < -0.4 is 5.73 Å². The molecule has 0 aliphatic carbocycles. The van der Waals surface area contributed by atoms with Crippen LogP contribution in [0.2, 0.25) is 0 Å². The molecular weight excluding hydrogens is 97.5 g/mol. The van der Waals surface area contributed by atoms with E-state index < -0.39 is 0 Å². The van der Waals surface area contributed by atoms with Crippen molar-refractivity contribution >= 4 is 11.6 Å². The monoisotopic (exact) mass is 103 g/mol. The van der Waals surface area contributed by atoms with Gasteiger partial charge in [0.1, 0.15) is 0 Å². The maximum absolute atomic E-state index is 5.22. The van der Waals surface area contributed by atoms with E-state index in [-0.39, 0.29) is 0 Å². The minimum Gasteiger partial charge on any atom is -0.359 e. The number of alkyl halides is 1. The lowest BCUT2D eigenvalue weighted by atomic mass is 10.5. The van der Waals surface area contributed by atoms with E-state index in [9.17, 15) is 0 Å². The van der Waals surface area contributed by atoms with Gasteiger partial charge in [0.2, 0.25) is 0 Å². The maximum atomic E-state index is 5.22. The Bertz CT molecular complexity index is 69.4. The number of hydrogen-bond donors (Lipinski definition) is 1. The Kier molecular flexibility index (Phi) is 4.38. The van der Waals surface area contributed by atoms with Crippen molar-refractivity contribution in [2.75, 3.05) is 5.88 Å². The first-order valence-electron chi connectivity index (χ1n) is 1.66. The fourth-order valence-electron chi connectivity index (χ4n) is 0.119. The summed E-state index contributed by atoms with van der Waals surface area (Å²) in [5.41, 5.74) is 4.79.